The summed E-state index contributed by atoms with van der Waals surface area (Å²) in [5.41, 5.74) is 2.49. The van der Waals surface area contributed by atoms with Gasteiger partial charge in [-0.1, -0.05) is 48.2 Å². The molecular weight excluding hydrogens is 450 g/mol. The molecule has 0 aliphatic rings. The highest BCUT2D eigenvalue weighted by molar-refractivity contribution is 7.99. The first kappa shape index (κ1) is 21.7. The summed E-state index contributed by atoms with van der Waals surface area (Å²) in [7, 11) is 1.30. The molecule has 0 bridgehead atoms. The number of rotatable bonds is 6. The number of benzene rings is 3. The molecule has 0 atom stereocenters. The lowest BCUT2D eigenvalue weighted by molar-refractivity contribution is 0.0600. The number of carbonyl (C=O) groups excluding carboxylic acids is 2. The summed E-state index contributed by atoms with van der Waals surface area (Å²) in [6, 6.07) is 21.4. The number of carbonyl (C=O) groups is 2. The van der Waals surface area contributed by atoms with Gasteiger partial charge in [-0.15, -0.1) is 0 Å². The number of H-pyrrole nitrogens is 1. The van der Waals surface area contributed by atoms with Crippen molar-refractivity contribution in [3.8, 4) is 5.69 Å². The minimum atomic E-state index is -0.514. The monoisotopic (exact) mass is 469 g/mol. The van der Waals surface area contributed by atoms with Gasteiger partial charge in [0.1, 0.15) is 0 Å². The van der Waals surface area contributed by atoms with Gasteiger partial charge in [-0.3, -0.25) is 14.2 Å². The molecule has 8 heteroatoms. The van der Waals surface area contributed by atoms with Crippen molar-refractivity contribution in [1.29, 1.82) is 0 Å². The molecule has 0 aliphatic carbocycles. The van der Waals surface area contributed by atoms with E-state index in [0.717, 1.165) is 10.9 Å². The Morgan fingerprint density at radius 1 is 1.00 bits per heavy atom. The van der Waals surface area contributed by atoms with Crippen LogP contribution in [0.4, 0.5) is 0 Å². The van der Waals surface area contributed by atoms with Crippen molar-refractivity contribution in [3.63, 3.8) is 0 Å². The second-order valence-electron chi connectivity index (χ2n) is 7.55. The number of hydrogen-bond acceptors (Lipinski definition) is 6. The Morgan fingerprint density at radius 3 is 2.56 bits per heavy atom. The summed E-state index contributed by atoms with van der Waals surface area (Å²) >= 11 is 1.18. The summed E-state index contributed by atoms with van der Waals surface area (Å²) in [5, 5.41) is 1.57. The molecule has 2 heterocycles. The maximum Gasteiger partial charge on any atom is 0.337 e. The van der Waals surface area contributed by atoms with E-state index in [0.29, 0.717) is 32.9 Å². The number of thioether (sulfide) groups is 1. The fourth-order valence-electron chi connectivity index (χ4n) is 3.82. The molecule has 0 spiro atoms. The highest BCUT2D eigenvalue weighted by Gasteiger charge is 2.18. The Kier molecular flexibility index (Phi) is 5.73. The number of aromatic nitrogens is 3. The summed E-state index contributed by atoms with van der Waals surface area (Å²) in [6.45, 7) is 0. The van der Waals surface area contributed by atoms with Gasteiger partial charge >= 0.3 is 5.97 Å². The number of hydrogen-bond donors (Lipinski definition) is 1. The van der Waals surface area contributed by atoms with Crippen molar-refractivity contribution in [3.05, 3.63) is 100 Å². The second-order valence-corrected chi connectivity index (χ2v) is 8.50. The molecule has 168 valence electrons. The van der Waals surface area contributed by atoms with Gasteiger partial charge < -0.3 is 9.72 Å². The number of ketones is 1. The van der Waals surface area contributed by atoms with Crippen LogP contribution >= 0.6 is 11.8 Å². The van der Waals surface area contributed by atoms with Crippen molar-refractivity contribution in [2.45, 2.75) is 5.16 Å². The fraction of sp³-hybridized carbons (Fsp3) is 0.0769. The van der Waals surface area contributed by atoms with E-state index in [1.807, 2.05) is 54.6 Å². The molecular formula is C26H19N3O4S. The van der Waals surface area contributed by atoms with Crippen LogP contribution in [0.15, 0.2) is 88.9 Å². The van der Waals surface area contributed by atoms with E-state index in [1.54, 1.807) is 18.3 Å². The third-order valence-corrected chi connectivity index (χ3v) is 6.43. The second kappa shape index (κ2) is 8.99. The number of fused-ring (bicyclic) bond motifs is 2. The van der Waals surface area contributed by atoms with Gasteiger partial charge in [0.2, 0.25) is 0 Å². The van der Waals surface area contributed by atoms with Crippen LogP contribution in [0.25, 0.3) is 27.5 Å². The van der Waals surface area contributed by atoms with Crippen LogP contribution in [0.5, 0.6) is 0 Å². The van der Waals surface area contributed by atoms with E-state index in [-0.39, 0.29) is 17.1 Å². The molecule has 34 heavy (non-hydrogen) atoms. The largest absolute Gasteiger partial charge is 0.465 e. The third kappa shape index (κ3) is 3.88. The number of nitrogens with one attached hydrogen (secondary N) is 1. The zero-order chi connectivity index (χ0) is 23.7. The molecule has 0 saturated carbocycles. The van der Waals surface area contributed by atoms with E-state index in [9.17, 15) is 14.4 Å². The van der Waals surface area contributed by atoms with Crippen LogP contribution in [0.3, 0.4) is 0 Å². The highest BCUT2D eigenvalue weighted by atomic mass is 32.2. The molecule has 0 saturated heterocycles. The number of para-hydroxylation sites is 2. The zero-order valence-corrected chi connectivity index (χ0v) is 19.0. The lowest BCUT2D eigenvalue weighted by atomic mass is 10.1. The molecule has 1 N–H and O–H groups in total. The molecule has 0 fully saturated rings. The molecule has 0 amide bonds. The summed E-state index contributed by atoms with van der Waals surface area (Å²) in [6.07, 6.45) is 1.70. The summed E-state index contributed by atoms with van der Waals surface area (Å²) in [5.74, 6) is -0.511. The van der Waals surface area contributed by atoms with Crippen molar-refractivity contribution < 1.29 is 14.3 Å². The standard InChI is InChI=1S/C26H19N3O4S/c1-33-25(32)16-11-12-19-22(13-16)28-26(29(24(19)31)17-7-3-2-4-8-17)34-15-23(30)20-14-27-21-10-6-5-9-18(20)21/h2-14,27H,15H2,1H3. The number of Topliss-reactive ketones (excluding diaryl/α,β-unsaturated/α-hetero) is 1. The average molecular weight is 470 g/mol. The lowest BCUT2D eigenvalue weighted by Gasteiger charge is -2.13. The zero-order valence-electron chi connectivity index (χ0n) is 18.1. The van der Waals surface area contributed by atoms with E-state index in [2.05, 4.69) is 9.97 Å². The molecule has 0 aliphatic heterocycles. The van der Waals surface area contributed by atoms with Gasteiger partial charge in [-0.05, 0) is 36.4 Å². The van der Waals surface area contributed by atoms with Gasteiger partial charge in [0.15, 0.2) is 10.9 Å². The van der Waals surface area contributed by atoms with Crippen LogP contribution in [-0.4, -0.2) is 39.2 Å². The molecule has 5 rings (SSSR count). The van der Waals surface area contributed by atoms with Gasteiger partial charge in [0, 0.05) is 22.7 Å². The normalized spacial score (nSPS) is 11.1. The Balaban J connectivity index is 1.58. The number of ether oxygens (including phenoxy) is 1. The first-order chi connectivity index (χ1) is 16.6. The predicted molar refractivity (Wildman–Crippen MR) is 132 cm³/mol. The first-order valence-electron chi connectivity index (χ1n) is 10.5. The van der Waals surface area contributed by atoms with Crippen LogP contribution in [0, 0.1) is 0 Å². The highest BCUT2D eigenvalue weighted by Crippen LogP contribution is 2.25. The van der Waals surface area contributed by atoms with Crippen LogP contribution in [0.2, 0.25) is 0 Å². The average Bonchev–Trinajstić information content (AvgIpc) is 3.31. The topological polar surface area (TPSA) is 94.0 Å². The van der Waals surface area contributed by atoms with Crippen molar-refractivity contribution in [1.82, 2.24) is 14.5 Å². The molecule has 3 aromatic carbocycles. The van der Waals surface area contributed by atoms with Crippen molar-refractivity contribution >= 4 is 45.3 Å². The SMILES string of the molecule is COC(=O)c1ccc2c(=O)n(-c3ccccc3)c(SCC(=O)c3c[nH]c4ccccc34)nc2c1. The van der Waals surface area contributed by atoms with Gasteiger partial charge in [-0.25, -0.2) is 9.78 Å². The van der Waals surface area contributed by atoms with E-state index >= 15 is 0 Å². The first-order valence-corrected chi connectivity index (χ1v) is 11.5. The number of nitrogens with zero attached hydrogens (tertiary/aromatic N) is 2. The fourth-order valence-corrected chi connectivity index (χ4v) is 4.72. The lowest BCUT2D eigenvalue weighted by Crippen LogP contribution is -2.22. The maximum atomic E-state index is 13.5. The van der Waals surface area contributed by atoms with E-state index in [1.165, 1.54) is 29.5 Å². The Morgan fingerprint density at radius 2 is 1.76 bits per heavy atom. The van der Waals surface area contributed by atoms with Crippen molar-refractivity contribution in [2.75, 3.05) is 12.9 Å². The quantitative estimate of drug-likeness (QED) is 0.169. The predicted octanol–water partition coefficient (Wildman–Crippen LogP) is 4.63. The van der Waals surface area contributed by atoms with Gasteiger partial charge in [0.05, 0.1) is 35.0 Å². The molecule has 7 nitrogen and oxygen atoms in total. The smallest absolute Gasteiger partial charge is 0.337 e. The molecule has 0 radical (unpaired) electrons. The Hall–Kier alpha value is -4.17. The minimum Gasteiger partial charge on any atom is -0.465 e. The minimum absolute atomic E-state index is 0.0836. The van der Waals surface area contributed by atoms with Gasteiger partial charge in [-0.2, -0.15) is 0 Å². The van der Waals surface area contributed by atoms with E-state index < -0.39 is 5.97 Å². The molecule has 0 unspecified atom stereocenters. The summed E-state index contributed by atoms with van der Waals surface area (Å²) < 4.78 is 6.28. The Labute approximate surface area is 198 Å². The summed E-state index contributed by atoms with van der Waals surface area (Å²) in [4.78, 5) is 46.3. The molecule has 2 aromatic heterocycles. The van der Waals surface area contributed by atoms with Gasteiger partial charge in [0.25, 0.3) is 5.56 Å². The van der Waals surface area contributed by atoms with Crippen LogP contribution in [-0.2, 0) is 4.74 Å². The maximum absolute atomic E-state index is 13.5. The number of esters is 1. The Bertz CT molecular complexity index is 1610. The number of methoxy groups -OCH3 is 1. The van der Waals surface area contributed by atoms with Crippen molar-refractivity contribution in [2.24, 2.45) is 0 Å². The third-order valence-electron chi connectivity index (χ3n) is 5.50. The van der Waals surface area contributed by atoms with Crippen LogP contribution < -0.4 is 5.56 Å². The molecule has 5 aromatic rings. The number of aromatic amines is 1. The van der Waals surface area contributed by atoms with Crippen LogP contribution in [0.1, 0.15) is 20.7 Å². The van der Waals surface area contributed by atoms with E-state index in [4.69, 9.17) is 4.74 Å².